The van der Waals surface area contributed by atoms with Gasteiger partial charge in [-0.1, -0.05) is 6.08 Å². The molecule has 0 bridgehead atoms. The van der Waals surface area contributed by atoms with E-state index in [-0.39, 0.29) is 0 Å². The van der Waals surface area contributed by atoms with Crippen molar-refractivity contribution in [1.29, 1.82) is 5.26 Å². The van der Waals surface area contributed by atoms with Crippen LogP contribution in [0.1, 0.15) is 12.8 Å². The summed E-state index contributed by atoms with van der Waals surface area (Å²) in [5.41, 5.74) is 7.84. The van der Waals surface area contributed by atoms with E-state index >= 15 is 0 Å². The van der Waals surface area contributed by atoms with Crippen LogP contribution in [0, 0.1) is 11.3 Å². The highest BCUT2D eigenvalue weighted by atomic mass is 14.9. The van der Waals surface area contributed by atoms with E-state index in [2.05, 4.69) is 11.4 Å². The number of nitrogens with two attached hydrogens (primary N) is 1. The fourth-order valence-corrected chi connectivity index (χ4v) is 1.13. The zero-order valence-corrected chi connectivity index (χ0v) is 6.52. The molecule has 0 fully saturated rings. The van der Waals surface area contributed by atoms with Crippen LogP contribution in [0.2, 0.25) is 0 Å². The molecule has 0 radical (unpaired) electrons. The molecule has 3 N–H and O–H groups in total. The fraction of sp³-hybridized carbons (Fsp3) is 0.375. The maximum absolute atomic E-state index is 8.61. The molecule has 1 aliphatic carbocycles. The molecule has 3 nitrogen and oxygen atoms in total. The number of hydrogen-bond acceptors (Lipinski definition) is 3. The molecule has 0 unspecified atom stereocenters. The summed E-state index contributed by atoms with van der Waals surface area (Å²) < 4.78 is 0. The number of nitriles is 1. The Labute approximate surface area is 66.2 Å². The Morgan fingerprint density at radius 3 is 3.00 bits per heavy atom. The largest absolute Gasteiger partial charge is 0.396 e. The van der Waals surface area contributed by atoms with Crippen molar-refractivity contribution in [1.82, 2.24) is 5.32 Å². The summed E-state index contributed by atoms with van der Waals surface area (Å²) in [7, 11) is 1.82. The van der Waals surface area contributed by atoms with Crippen molar-refractivity contribution in [3.63, 3.8) is 0 Å². The van der Waals surface area contributed by atoms with E-state index in [0.29, 0.717) is 11.3 Å². The van der Waals surface area contributed by atoms with E-state index in [0.717, 1.165) is 18.5 Å². The van der Waals surface area contributed by atoms with Gasteiger partial charge in [-0.15, -0.1) is 0 Å². The van der Waals surface area contributed by atoms with Crippen LogP contribution in [-0.2, 0) is 0 Å². The summed E-state index contributed by atoms with van der Waals surface area (Å²) in [6.07, 6.45) is 3.68. The second-order valence-corrected chi connectivity index (χ2v) is 2.41. The maximum Gasteiger partial charge on any atom is 0.101 e. The van der Waals surface area contributed by atoms with E-state index in [1.165, 1.54) is 0 Å². The molecule has 0 saturated carbocycles. The Hall–Kier alpha value is -1.43. The first-order chi connectivity index (χ1) is 5.29. The lowest BCUT2D eigenvalue weighted by Gasteiger charge is -2.14. The third kappa shape index (κ3) is 1.35. The van der Waals surface area contributed by atoms with Crippen LogP contribution in [0.15, 0.2) is 23.0 Å². The molecular formula is C8H11N3. The van der Waals surface area contributed by atoms with Crippen LogP contribution in [0.3, 0.4) is 0 Å². The van der Waals surface area contributed by atoms with Gasteiger partial charge in [0.25, 0.3) is 0 Å². The van der Waals surface area contributed by atoms with Gasteiger partial charge in [-0.3, -0.25) is 0 Å². The molecule has 0 spiro atoms. The molecule has 0 aliphatic heterocycles. The minimum atomic E-state index is 0.598. The minimum absolute atomic E-state index is 0.598. The van der Waals surface area contributed by atoms with Crippen LogP contribution in [0.25, 0.3) is 0 Å². The van der Waals surface area contributed by atoms with Crippen molar-refractivity contribution in [2.24, 2.45) is 5.73 Å². The van der Waals surface area contributed by atoms with Gasteiger partial charge in [-0.25, -0.2) is 0 Å². The van der Waals surface area contributed by atoms with Crippen LogP contribution < -0.4 is 11.1 Å². The van der Waals surface area contributed by atoms with Gasteiger partial charge >= 0.3 is 0 Å². The molecule has 11 heavy (non-hydrogen) atoms. The van der Waals surface area contributed by atoms with Crippen LogP contribution in [0.5, 0.6) is 0 Å². The standard InChI is InChI=1S/C8H11N3/c1-11-7-4-2-3-6(5-9)8(7)10/h3,11H,2,4,10H2,1H3. The number of rotatable bonds is 1. The molecule has 0 saturated heterocycles. The van der Waals surface area contributed by atoms with Gasteiger partial charge in [-0.2, -0.15) is 5.26 Å². The highest BCUT2D eigenvalue weighted by Gasteiger charge is 2.10. The third-order valence-corrected chi connectivity index (χ3v) is 1.78. The van der Waals surface area contributed by atoms with Crippen molar-refractivity contribution >= 4 is 0 Å². The molecule has 0 heterocycles. The molecule has 3 heteroatoms. The molecule has 1 aliphatic rings. The summed E-state index contributed by atoms with van der Waals surface area (Å²) in [5.74, 6) is 0. The van der Waals surface area contributed by atoms with Gasteiger partial charge in [0.1, 0.15) is 6.07 Å². The fourth-order valence-electron chi connectivity index (χ4n) is 1.13. The van der Waals surface area contributed by atoms with Gasteiger partial charge in [0.2, 0.25) is 0 Å². The van der Waals surface area contributed by atoms with Crippen molar-refractivity contribution < 1.29 is 0 Å². The van der Waals surface area contributed by atoms with Gasteiger partial charge in [-0.05, 0) is 12.8 Å². The summed E-state index contributed by atoms with van der Waals surface area (Å²) in [6.45, 7) is 0. The third-order valence-electron chi connectivity index (χ3n) is 1.78. The zero-order valence-electron chi connectivity index (χ0n) is 6.52. The Balaban J connectivity index is 2.95. The van der Waals surface area contributed by atoms with Gasteiger partial charge < -0.3 is 11.1 Å². The second-order valence-electron chi connectivity index (χ2n) is 2.41. The summed E-state index contributed by atoms with van der Waals surface area (Å²) >= 11 is 0. The molecule has 58 valence electrons. The van der Waals surface area contributed by atoms with Crippen molar-refractivity contribution in [2.45, 2.75) is 12.8 Å². The summed E-state index contributed by atoms with van der Waals surface area (Å²) in [4.78, 5) is 0. The lowest BCUT2D eigenvalue weighted by atomic mass is 10.0. The maximum atomic E-state index is 8.61. The topological polar surface area (TPSA) is 61.8 Å². The van der Waals surface area contributed by atoms with E-state index in [4.69, 9.17) is 11.0 Å². The number of nitrogens with zero attached hydrogens (tertiary/aromatic N) is 1. The smallest absolute Gasteiger partial charge is 0.101 e. The van der Waals surface area contributed by atoms with Gasteiger partial charge in [0, 0.05) is 12.7 Å². The normalized spacial score (nSPS) is 17.3. The predicted molar refractivity (Wildman–Crippen MR) is 43.2 cm³/mol. The van der Waals surface area contributed by atoms with Crippen molar-refractivity contribution in [3.8, 4) is 6.07 Å². The molecule has 1 rings (SSSR count). The molecule has 0 amide bonds. The monoisotopic (exact) mass is 149 g/mol. The van der Waals surface area contributed by atoms with Crippen molar-refractivity contribution in [3.05, 3.63) is 23.0 Å². The van der Waals surface area contributed by atoms with E-state index in [1.54, 1.807) is 0 Å². The SMILES string of the molecule is CNC1=C(N)C(C#N)=CCC1. The first kappa shape index (κ1) is 7.67. The second kappa shape index (κ2) is 3.11. The van der Waals surface area contributed by atoms with E-state index in [9.17, 15) is 0 Å². The average Bonchev–Trinajstić information content (AvgIpc) is 2.05. The first-order valence-electron chi connectivity index (χ1n) is 3.56. The Kier molecular flexibility index (Phi) is 2.17. The number of allylic oxidation sites excluding steroid dienone is 3. The Bertz CT molecular complexity index is 255. The van der Waals surface area contributed by atoms with Crippen LogP contribution in [-0.4, -0.2) is 7.05 Å². The Morgan fingerprint density at radius 1 is 1.73 bits per heavy atom. The van der Waals surface area contributed by atoms with Crippen LogP contribution >= 0.6 is 0 Å². The summed E-state index contributed by atoms with van der Waals surface area (Å²) in [6, 6.07) is 2.06. The molecule has 0 aromatic carbocycles. The van der Waals surface area contributed by atoms with Gasteiger partial charge in [0.05, 0.1) is 11.3 Å². The first-order valence-corrected chi connectivity index (χ1v) is 3.56. The van der Waals surface area contributed by atoms with Gasteiger partial charge in [0.15, 0.2) is 0 Å². The lowest BCUT2D eigenvalue weighted by Crippen LogP contribution is -2.17. The zero-order chi connectivity index (χ0) is 8.27. The average molecular weight is 149 g/mol. The number of nitrogens with one attached hydrogen (secondary N) is 1. The summed E-state index contributed by atoms with van der Waals surface area (Å²) in [5, 5.41) is 11.6. The minimum Gasteiger partial charge on any atom is -0.396 e. The van der Waals surface area contributed by atoms with E-state index < -0.39 is 0 Å². The highest BCUT2D eigenvalue weighted by Crippen LogP contribution is 2.18. The molecule has 0 aromatic rings. The predicted octanol–water partition coefficient (Wildman–Crippen LogP) is 0.620. The quantitative estimate of drug-likeness (QED) is 0.574. The Morgan fingerprint density at radius 2 is 2.45 bits per heavy atom. The molecule has 0 aromatic heterocycles. The number of hydrogen-bond donors (Lipinski definition) is 2. The molecular weight excluding hydrogens is 138 g/mol. The van der Waals surface area contributed by atoms with Crippen LogP contribution in [0.4, 0.5) is 0 Å². The molecule has 0 atom stereocenters. The highest BCUT2D eigenvalue weighted by molar-refractivity contribution is 5.44. The van der Waals surface area contributed by atoms with E-state index in [1.807, 2.05) is 13.1 Å². The van der Waals surface area contributed by atoms with Crippen molar-refractivity contribution in [2.75, 3.05) is 7.05 Å². The lowest BCUT2D eigenvalue weighted by molar-refractivity contribution is 0.812.